The Bertz CT molecular complexity index is 779. The highest BCUT2D eigenvalue weighted by Crippen LogP contribution is 2.28. The van der Waals surface area contributed by atoms with E-state index in [1.807, 2.05) is 0 Å². The molecule has 2 aromatic carbocycles. The number of carbonyl (C=O) groups excluding carboxylic acids is 2. The Balaban J connectivity index is 2.34. The Labute approximate surface area is 134 Å². The van der Waals surface area contributed by atoms with E-state index in [9.17, 15) is 27.2 Å². The van der Waals surface area contributed by atoms with Gasteiger partial charge in [-0.05, 0) is 25.1 Å². The number of amides is 2. The Morgan fingerprint density at radius 1 is 0.958 bits per heavy atom. The van der Waals surface area contributed by atoms with Crippen LogP contribution in [0.25, 0.3) is 0 Å². The van der Waals surface area contributed by atoms with Gasteiger partial charge in [-0.25, -0.2) is 8.78 Å². The number of halogens is 4. The lowest BCUT2D eigenvalue weighted by Gasteiger charge is -2.13. The van der Waals surface area contributed by atoms with Crippen molar-refractivity contribution in [3.63, 3.8) is 0 Å². The van der Waals surface area contributed by atoms with Crippen LogP contribution in [-0.2, 0) is 4.79 Å². The molecule has 0 bridgehead atoms. The van der Waals surface area contributed by atoms with Crippen LogP contribution in [0, 0.1) is 18.6 Å². The third-order valence-corrected chi connectivity index (χ3v) is 3.16. The second-order valence-electron chi connectivity index (χ2n) is 4.83. The first-order valence-corrected chi connectivity index (χ1v) is 6.75. The number of hydrogen-bond donors (Lipinski definition) is 2. The smallest absolute Gasteiger partial charge is 0.315 e. The molecule has 0 atom stereocenters. The summed E-state index contributed by atoms with van der Waals surface area (Å²) in [5, 5.41) is 3.87. The van der Waals surface area contributed by atoms with Gasteiger partial charge in [-0.2, -0.15) is 8.78 Å². The second-order valence-corrected chi connectivity index (χ2v) is 4.83. The van der Waals surface area contributed by atoms with E-state index >= 15 is 0 Å². The molecule has 0 fully saturated rings. The minimum absolute atomic E-state index is 0.219. The minimum atomic E-state index is -3.36. The SMILES string of the molecule is Cc1c(F)c(NC(=O)c2ccccc2)cc(NC(=O)C(F)F)c1F. The van der Waals surface area contributed by atoms with E-state index in [0.717, 1.165) is 13.0 Å². The summed E-state index contributed by atoms with van der Waals surface area (Å²) in [6.45, 7) is 1.06. The lowest BCUT2D eigenvalue weighted by Crippen LogP contribution is -2.22. The van der Waals surface area contributed by atoms with Crippen molar-refractivity contribution in [3.8, 4) is 0 Å². The average molecular weight is 340 g/mol. The quantitative estimate of drug-likeness (QED) is 0.833. The van der Waals surface area contributed by atoms with Crippen molar-refractivity contribution < 1.29 is 27.2 Å². The molecule has 24 heavy (non-hydrogen) atoms. The molecule has 2 amide bonds. The molecule has 0 spiro atoms. The third kappa shape index (κ3) is 3.70. The number of hydrogen-bond acceptors (Lipinski definition) is 2. The van der Waals surface area contributed by atoms with Crippen molar-refractivity contribution in [1.82, 2.24) is 0 Å². The summed E-state index contributed by atoms with van der Waals surface area (Å²) in [7, 11) is 0. The molecule has 0 saturated heterocycles. The third-order valence-electron chi connectivity index (χ3n) is 3.16. The largest absolute Gasteiger partial charge is 0.319 e. The maximum atomic E-state index is 14.1. The van der Waals surface area contributed by atoms with Gasteiger partial charge in [0.1, 0.15) is 0 Å². The van der Waals surface area contributed by atoms with E-state index in [0.29, 0.717) is 0 Å². The summed E-state index contributed by atoms with van der Waals surface area (Å²) in [4.78, 5) is 23.0. The molecule has 0 aromatic heterocycles. The number of nitrogens with one attached hydrogen (secondary N) is 2. The number of carbonyl (C=O) groups is 2. The molecule has 0 radical (unpaired) electrons. The molecular formula is C16H12F4N2O2. The Hall–Kier alpha value is -2.90. The minimum Gasteiger partial charge on any atom is -0.319 e. The van der Waals surface area contributed by atoms with Crippen LogP contribution in [-0.4, -0.2) is 18.2 Å². The number of alkyl halides is 2. The summed E-state index contributed by atoms with van der Waals surface area (Å²) >= 11 is 0. The van der Waals surface area contributed by atoms with Gasteiger partial charge >= 0.3 is 6.43 Å². The van der Waals surface area contributed by atoms with Crippen molar-refractivity contribution in [2.75, 3.05) is 10.6 Å². The summed E-state index contributed by atoms with van der Waals surface area (Å²) in [5.41, 5.74) is -1.39. The topological polar surface area (TPSA) is 58.2 Å². The van der Waals surface area contributed by atoms with E-state index < -0.39 is 46.8 Å². The van der Waals surface area contributed by atoms with Crippen LogP contribution in [0.3, 0.4) is 0 Å². The number of rotatable bonds is 4. The van der Waals surface area contributed by atoms with Gasteiger partial charge in [-0.15, -0.1) is 0 Å². The van der Waals surface area contributed by atoms with E-state index in [1.165, 1.54) is 12.1 Å². The molecule has 8 heteroatoms. The second kappa shape index (κ2) is 7.12. The highest BCUT2D eigenvalue weighted by molar-refractivity contribution is 6.05. The molecule has 0 aliphatic heterocycles. The van der Waals surface area contributed by atoms with Crippen LogP contribution in [0.4, 0.5) is 28.9 Å². The van der Waals surface area contributed by atoms with E-state index in [1.54, 1.807) is 23.5 Å². The fraction of sp³-hybridized carbons (Fsp3) is 0.125. The standard InChI is InChI=1S/C16H12F4N2O2/c1-8-12(17)10(21-15(23)9-5-3-2-4-6-9)7-11(13(8)18)22-16(24)14(19)20/h2-7,14H,1H3,(H,21,23)(H,22,24). The lowest BCUT2D eigenvalue weighted by molar-refractivity contribution is -0.126. The molecule has 0 saturated carbocycles. The monoisotopic (exact) mass is 340 g/mol. The Kier molecular flexibility index (Phi) is 5.18. The van der Waals surface area contributed by atoms with Gasteiger partial charge in [0.25, 0.3) is 11.8 Å². The van der Waals surface area contributed by atoms with Crippen LogP contribution in [0.15, 0.2) is 36.4 Å². The molecule has 4 nitrogen and oxygen atoms in total. The van der Waals surface area contributed by atoms with Crippen LogP contribution in [0.2, 0.25) is 0 Å². The van der Waals surface area contributed by atoms with Gasteiger partial charge in [0.2, 0.25) is 0 Å². The summed E-state index contributed by atoms with van der Waals surface area (Å²) in [6, 6.07) is 8.56. The van der Waals surface area contributed by atoms with Crippen LogP contribution >= 0.6 is 0 Å². The molecule has 0 aliphatic rings. The molecule has 126 valence electrons. The molecule has 0 aliphatic carbocycles. The van der Waals surface area contributed by atoms with Crippen LogP contribution in [0.5, 0.6) is 0 Å². The highest BCUT2D eigenvalue weighted by atomic mass is 19.3. The Morgan fingerprint density at radius 3 is 2.04 bits per heavy atom. The van der Waals surface area contributed by atoms with Gasteiger partial charge < -0.3 is 10.6 Å². The fourth-order valence-electron chi connectivity index (χ4n) is 1.92. The molecule has 0 heterocycles. The van der Waals surface area contributed by atoms with Crippen molar-refractivity contribution in [2.45, 2.75) is 13.3 Å². The number of anilines is 2. The average Bonchev–Trinajstić information content (AvgIpc) is 2.57. The summed E-state index contributed by atoms with van der Waals surface area (Å²) < 4.78 is 52.6. The first-order valence-electron chi connectivity index (χ1n) is 6.75. The van der Waals surface area contributed by atoms with E-state index in [2.05, 4.69) is 5.32 Å². The van der Waals surface area contributed by atoms with Crippen LogP contribution < -0.4 is 10.6 Å². The predicted molar refractivity (Wildman–Crippen MR) is 80.1 cm³/mol. The predicted octanol–water partition coefficient (Wildman–Crippen LogP) is 3.73. The maximum Gasteiger partial charge on any atom is 0.315 e. The van der Waals surface area contributed by atoms with E-state index in [4.69, 9.17) is 0 Å². The highest BCUT2D eigenvalue weighted by Gasteiger charge is 2.22. The normalized spacial score (nSPS) is 10.6. The fourth-order valence-corrected chi connectivity index (χ4v) is 1.92. The van der Waals surface area contributed by atoms with Gasteiger partial charge in [-0.1, -0.05) is 18.2 Å². The zero-order chi connectivity index (χ0) is 17.9. The molecule has 2 rings (SSSR count). The molecule has 2 N–H and O–H groups in total. The summed E-state index contributed by atoms with van der Waals surface area (Å²) in [5.74, 6) is -4.67. The summed E-state index contributed by atoms with van der Waals surface area (Å²) in [6.07, 6.45) is -3.36. The zero-order valence-electron chi connectivity index (χ0n) is 12.4. The van der Waals surface area contributed by atoms with Gasteiger partial charge in [0, 0.05) is 11.1 Å². The van der Waals surface area contributed by atoms with Gasteiger partial charge in [-0.3, -0.25) is 9.59 Å². The van der Waals surface area contributed by atoms with Crippen LogP contribution in [0.1, 0.15) is 15.9 Å². The first-order chi connectivity index (χ1) is 11.3. The molecule has 2 aromatic rings. The number of benzene rings is 2. The maximum absolute atomic E-state index is 14.1. The Morgan fingerprint density at radius 2 is 1.50 bits per heavy atom. The first kappa shape index (κ1) is 17.5. The zero-order valence-corrected chi connectivity index (χ0v) is 12.4. The van der Waals surface area contributed by atoms with Gasteiger partial charge in [0.05, 0.1) is 11.4 Å². The van der Waals surface area contributed by atoms with Crippen molar-refractivity contribution in [3.05, 3.63) is 59.2 Å². The lowest BCUT2D eigenvalue weighted by atomic mass is 10.1. The van der Waals surface area contributed by atoms with Crippen molar-refractivity contribution >= 4 is 23.2 Å². The van der Waals surface area contributed by atoms with Crippen molar-refractivity contribution in [1.29, 1.82) is 0 Å². The molecule has 0 unspecified atom stereocenters. The van der Waals surface area contributed by atoms with E-state index in [-0.39, 0.29) is 5.56 Å². The van der Waals surface area contributed by atoms with Crippen molar-refractivity contribution in [2.24, 2.45) is 0 Å². The molecular weight excluding hydrogens is 328 g/mol. The van der Waals surface area contributed by atoms with Gasteiger partial charge in [0.15, 0.2) is 11.6 Å².